The topological polar surface area (TPSA) is 29.5 Å². The molecule has 1 atom stereocenters. The molecule has 20 heavy (non-hydrogen) atoms. The normalized spacial score (nSPS) is 12.2. The Morgan fingerprint density at radius 1 is 1.30 bits per heavy atom. The highest BCUT2D eigenvalue weighted by Crippen LogP contribution is 2.29. The predicted octanol–water partition coefficient (Wildman–Crippen LogP) is 4.87. The van der Waals surface area contributed by atoms with Crippen LogP contribution in [0.1, 0.15) is 24.2 Å². The first-order valence-electron chi connectivity index (χ1n) is 6.01. The van der Waals surface area contributed by atoms with Crippen LogP contribution in [-0.4, -0.2) is 5.11 Å². The van der Waals surface area contributed by atoms with Crippen molar-refractivity contribution in [3.63, 3.8) is 0 Å². The smallest absolute Gasteiger partial charge is 0.125 e. The summed E-state index contributed by atoms with van der Waals surface area (Å²) in [6.07, 6.45) is -0.692. The number of rotatable bonds is 4. The third kappa shape index (κ3) is 3.95. The van der Waals surface area contributed by atoms with Gasteiger partial charge in [-0.15, -0.1) is 0 Å². The van der Waals surface area contributed by atoms with Gasteiger partial charge >= 0.3 is 0 Å². The van der Waals surface area contributed by atoms with E-state index in [1.54, 1.807) is 31.2 Å². The molecule has 0 heterocycles. The summed E-state index contributed by atoms with van der Waals surface area (Å²) in [6, 6.07) is 9.60. The van der Waals surface area contributed by atoms with Crippen molar-refractivity contribution in [1.82, 2.24) is 0 Å². The number of aliphatic hydroxyl groups excluding tert-OH is 1. The van der Waals surface area contributed by atoms with E-state index in [2.05, 4.69) is 15.9 Å². The third-order valence-corrected chi connectivity index (χ3v) is 3.43. The number of hydrogen-bond donors (Lipinski definition) is 1. The summed E-state index contributed by atoms with van der Waals surface area (Å²) >= 11 is 9.13. The largest absolute Gasteiger partial charge is 0.489 e. The first-order valence-corrected chi connectivity index (χ1v) is 7.18. The lowest BCUT2D eigenvalue weighted by atomic mass is 10.1. The van der Waals surface area contributed by atoms with Gasteiger partial charge in [0.2, 0.25) is 0 Å². The molecule has 0 aliphatic carbocycles. The molecule has 1 unspecified atom stereocenters. The van der Waals surface area contributed by atoms with Gasteiger partial charge in [0.05, 0.1) is 6.10 Å². The zero-order valence-electron chi connectivity index (χ0n) is 10.7. The molecule has 0 aliphatic rings. The van der Waals surface area contributed by atoms with E-state index in [0.29, 0.717) is 26.4 Å². The second-order valence-corrected chi connectivity index (χ2v) is 5.78. The molecule has 0 spiro atoms. The number of aliphatic hydroxyl groups is 1. The van der Waals surface area contributed by atoms with E-state index in [9.17, 15) is 9.50 Å². The number of halogens is 3. The first kappa shape index (κ1) is 15.3. The fraction of sp³-hybridized carbons (Fsp3) is 0.200. The Balaban J connectivity index is 2.18. The maximum absolute atomic E-state index is 13.3. The van der Waals surface area contributed by atoms with Crippen LogP contribution in [0.5, 0.6) is 5.75 Å². The van der Waals surface area contributed by atoms with Crippen LogP contribution < -0.4 is 4.74 Å². The van der Waals surface area contributed by atoms with E-state index < -0.39 is 6.10 Å². The van der Waals surface area contributed by atoms with Crippen LogP contribution in [0.2, 0.25) is 5.02 Å². The van der Waals surface area contributed by atoms with Crippen molar-refractivity contribution < 1.29 is 14.2 Å². The Labute approximate surface area is 130 Å². The second-order valence-electron chi connectivity index (χ2n) is 4.42. The average molecular weight is 360 g/mol. The Morgan fingerprint density at radius 3 is 2.70 bits per heavy atom. The quantitative estimate of drug-likeness (QED) is 0.843. The van der Waals surface area contributed by atoms with Crippen molar-refractivity contribution in [3.8, 4) is 5.75 Å². The summed E-state index contributed by atoms with van der Waals surface area (Å²) in [6.45, 7) is 1.84. The van der Waals surface area contributed by atoms with Gasteiger partial charge < -0.3 is 9.84 Å². The van der Waals surface area contributed by atoms with Crippen LogP contribution >= 0.6 is 27.5 Å². The minimum atomic E-state index is -0.692. The van der Waals surface area contributed by atoms with Crippen LogP contribution in [0, 0.1) is 5.82 Å². The molecule has 0 saturated heterocycles. The SMILES string of the molecule is CC(O)c1cc(Cl)ccc1OCc1cc(F)cc(Br)c1. The highest BCUT2D eigenvalue weighted by molar-refractivity contribution is 9.10. The number of ether oxygens (including phenoxy) is 1. The van der Waals surface area contributed by atoms with Gasteiger partial charge in [-0.2, -0.15) is 0 Å². The van der Waals surface area contributed by atoms with Crippen LogP contribution in [0.4, 0.5) is 4.39 Å². The Bertz CT molecular complexity index is 597. The Hall–Kier alpha value is -1.10. The molecule has 0 aliphatic heterocycles. The van der Waals surface area contributed by atoms with Gasteiger partial charge in [-0.1, -0.05) is 27.5 Å². The highest BCUT2D eigenvalue weighted by atomic mass is 79.9. The van der Waals surface area contributed by atoms with Crippen molar-refractivity contribution >= 4 is 27.5 Å². The monoisotopic (exact) mass is 358 g/mol. The first-order chi connectivity index (χ1) is 9.45. The molecule has 1 N–H and O–H groups in total. The molecule has 106 valence electrons. The molecule has 0 fully saturated rings. The van der Waals surface area contributed by atoms with Crippen LogP contribution in [0.15, 0.2) is 40.9 Å². The lowest BCUT2D eigenvalue weighted by Crippen LogP contribution is -2.01. The number of benzene rings is 2. The maximum atomic E-state index is 13.3. The van der Waals surface area contributed by atoms with Gasteiger partial charge in [0.15, 0.2) is 0 Å². The molecule has 0 aromatic heterocycles. The summed E-state index contributed by atoms with van der Waals surface area (Å²) in [5, 5.41) is 10.2. The average Bonchev–Trinajstić information content (AvgIpc) is 2.36. The van der Waals surface area contributed by atoms with Crippen LogP contribution in [0.25, 0.3) is 0 Å². The van der Waals surface area contributed by atoms with Crippen molar-refractivity contribution in [2.75, 3.05) is 0 Å². The van der Waals surface area contributed by atoms with Crippen molar-refractivity contribution in [2.45, 2.75) is 19.6 Å². The molecular formula is C15H13BrClFO2. The van der Waals surface area contributed by atoms with Crippen LogP contribution in [0.3, 0.4) is 0 Å². The fourth-order valence-electron chi connectivity index (χ4n) is 1.83. The summed E-state index contributed by atoms with van der Waals surface area (Å²) < 4.78 is 19.6. The van der Waals surface area contributed by atoms with E-state index in [1.165, 1.54) is 12.1 Å². The molecule has 2 rings (SSSR count). The molecule has 2 aromatic rings. The molecule has 0 saturated carbocycles. The standard InChI is InChI=1S/C15H13BrClFO2/c1-9(19)14-7-12(17)2-3-15(14)20-8-10-4-11(16)6-13(18)5-10/h2-7,9,19H,8H2,1H3. The Kier molecular flexibility index (Phi) is 5.02. The van der Waals surface area contributed by atoms with Gasteiger partial charge in [0, 0.05) is 15.1 Å². The van der Waals surface area contributed by atoms with Crippen LogP contribution in [-0.2, 0) is 6.61 Å². The zero-order chi connectivity index (χ0) is 14.7. The molecule has 2 aromatic carbocycles. The van der Waals surface area contributed by atoms with E-state index in [-0.39, 0.29) is 12.4 Å². The summed E-state index contributed by atoms with van der Waals surface area (Å²) in [5.41, 5.74) is 1.30. The molecule has 0 bridgehead atoms. The molecule has 0 amide bonds. The van der Waals surface area contributed by atoms with Gasteiger partial charge in [0.1, 0.15) is 18.2 Å². The summed E-state index contributed by atoms with van der Waals surface area (Å²) in [4.78, 5) is 0. The third-order valence-electron chi connectivity index (χ3n) is 2.74. The van der Waals surface area contributed by atoms with E-state index in [0.717, 1.165) is 0 Å². The van der Waals surface area contributed by atoms with E-state index >= 15 is 0 Å². The highest BCUT2D eigenvalue weighted by Gasteiger charge is 2.10. The summed E-state index contributed by atoms with van der Waals surface area (Å²) in [7, 11) is 0. The minimum absolute atomic E-state index is 0.206. The second kappa shape index (κ2) is 6.57. The fourth-order valence-corrected chi connectivity index (χ4v) is 2.53. The van der Waals surface area contributed by atoms with E-state index in [4.69, 9.17) is 16.3 Å². The van der Waals surface area contributed by atoms with Gasteiger partial charge in [-0.3, -0.25) is 0 Å². The van der Waals surface area contributed by atoms with Crippen molar-refractivity contribution in [3.05, 3.63) is 62.8 Å². The van der Waals surface area contributed by atoms with Gasteiger partial charge in [-0.25, -0.2) is 4.39 Å². The Morgan fingerprint density at radius 2 is 2.05 bits per heavy atom. The maximum Gasteiger partial charge on any atom is 0.125 e. The molecule has 0 radical (unpaired) electrons. The minimum Gasteiger partial charge on any atom is -0.489 e. The lowest BCUT2D eigenvalue weighted by molar-refractivity contribution is 0.190. The summed E-state index contributed by atoms with van der Waals surface area (Å²) in [5.74, 6) is 0.203. The molecule has 5 heteroatoms. The van der Waals surface area contributed by atoms with Crippen molar-refractivity contribution in [1.29, 1.82) is 0 Å². The van der Waals surface area contributed by atoms with E-state index in [1.807, 2.05) is 0 Å². The van der Waals surface area contributed by atoms with Gasteiger partial charge in [-0.05, 0) is 48.9 Å². The molecular weight excluding hydrogens is 347 g/mol. The van der Waals surface area contributed by atoms with Crippen molar-refractivity contribution in [2.24, 2.45) is 0 Å². The lowest BCUT2D eigenvalue weighted by Gasteiger charge is -2.14. The predicted molar refractivity (Wildman–Crippen MR) is 80.5 cm³/mol. The zero-order valence-corrected chi connectivity index (χ0v) is 13.1. The number of hydrogen-bond acceptors (Lipinski definition) is 2. The molecule has 2 nitrogen and oxygen atoms in total. The van der Waals surface area contributed by atoms with Gasteiger partial charge in [0.25, 0.3) is 0 Å².